The first-order chi connectivity index (χ1) is 19.0. The minimum Gasteiger partial charge on any atom is -0.488 e. The second kappa shape index (κ2) is 12.2. The predicted molar refractivity (Wildman–Crippen MR) is 156 cm³/mol. The molecule has 0 unspecified atom stereocenters. The highest BCUT2D eigenvalue weighted by Gasteiger charge is 2.32. The number of hydrogen-bond acceptors (Lipinski definition) is 6. The summed E-state index contributed by atoms with van der Waals surface area (Å²) in [6, 6.07) is 17.6. The zero-order valence-corrected chi connectivity index (χ0v) is 23.9. The van der Waals surface area contributed by atoms with Crippen LogP contribution in [0.15, 0.2) is 60.7 Å². The van der Waals surface area contributed by atoms with E-state index in [9.17, 15) is 23.1 Å². The fraction of sp³-hybridized carbons (Fsp3) is 0.379. The summed E-state index contributed by atoms with van der Waals surface area (Å²) in [5.41, 5.74) is 1.67. The Kier molecular flexibility index (Phi) is 8.97. The van der Waals surface area contributed by atoms with Gasteiger partial charge in [0.15, 0.2) is 0 Å². The molecule has 3 aromatic carbocycles. The first-order valence-electron chi connectivity index (χ1n) is 13.1. The number of nitrogens with one attached hydrogen (secondary N) is 2. The van der Waals surface area contributed by atoms with Crippen LogP contribution in [0, 0.1) is 5.92 Å². The third kappa shape index (κ3) is 6.90. The molecule has 4 rings (SSSR count). The summed E-state index contributed by atoms with van der Waals surface area (Å²) in [6.45, 7) is 3.81. The first kappa shape index (κ1) is 29.3. The molecular formula is C29H36N4O6S. The van der Waals surface area contributed by atoms with Crippen molar-refractivity contribution in [1.29, 1.82) is 0 Å². The van der Waals surface area contributed by atoms with E-state index in [0.717, 1.165) is 17.0 Å². The van der Waals surface area contributed by atoms with Crippen LogP contribution >= 0.6 is 0 Å². The Hall–Kier alpha value is -3.67. The molecule has 3 atom stereocenters. The molecule has 0 radical (unpaired) electrons. The largest absolute Gasteiger partial charge is 0.488 e. The van der Waals surface area contributed by atoms with Gasteiger partial charge in [-0.3, -0.25) is 4.79 Å². The molecule has 0 fully saturated rings. The van der Waals surface area contributed by atoms with Gasteiger partial charge in [-0.2, -0.15) is 0 Å². The number of carbonyl (C=O) groups excluding carboxylic acids is 2. The first-order valence-corrected chi connectivity index (χ1v) is 15.0. The summed E-state index contributed by atoms with van der Waals surface area (Å²) in [7, 11) is -1.97. The van der Waals surface area contributed by atoms with E-state index in [-0.39, 0.29) is 37.9 Å². The zero-order chi connectivity index (χ0) is 29.0. The van der Waals surface area contributed by atoms with Gasteiger partial charge >= 0.3 is 6.03 Å². The number of amides is 3. The summed E-state index contributed by atoms with van der Waals surface area (Å²) in [6.07, 6.45) is 0.555. The van der Waals surface area contributed by atoms with Gasteiger partial charge < -0.3 is 25.4 Å². The van der Waals surface area contributed by atoms with Gasteiger partial charge in [0.2, 0.25) is 15.9 Å². The minimum atomic E-state index is -3.46. The molecule has 0 aliphatic carbocycles. The van der Waals surface area contributed by atoms with E-state index in [4.69, 9.17) is 4.74 Å². The van der Waals surface area contributed by atoms with Gasteiger partial charge in [-0.1, -0.05) is 43.3 Å². The van der Waals surface area contributed by atoms with Gasteiger partial charge in [0, 0.05) is 36.1 Å². The molecule has 3 N–H and O–H groups in total. The number of aliphatic hydroxyl groups is 1. The van der Waals surface area contributed by atoms with Crippen LogP contribution in [-0.2, 0) is 21.2 Å². The number of ether oxygens (including phenoxy) is 1. The van der Waals surface area contributed by atoms with E-state index in [1.807, 2.05) is 49.4 Å². The number of rotatable bonds is 7. The third-order valence-electron chi connectivity index (χ3n) is 7.22. The van der Waals surface area contributed by atoms with Crippen LogP contribution in [0.2, 0.25) is 0 Å². The molecule has 1 aliphatic rings. The molecule has 40 heavy (non-hydrogen) atoms. The van der Waals surface area contributed by atoms with Crippen LogP contribution < -0.4 is 15.4 Å². The summed E-state index contributed by atoms with van der Waals surface area (Å²) in [4.78, 5) is 27.9. The Morgan fingerprint density at radius 3 is 2.60 bits per heavy atom. The molecule has 0 saturated carbocycles. The Labute approximate surface area is 235 Å². The topological polar surface area (TPSA) is 128 Å². The smallest absolute Gasteiger partial charge is 0.323 e. The van der Waals surface area contributed by atoms with E-state index in [1.54, 1.807) is 30.0 Å². The lowest BCUT2D eigenvalue weighted by Gasteiger charge is -2.33. The number of urea groups is 1. The van der Waals surface area contributed by atoms with Gasteiger partial charge in [0.25, 0.3) is 0 Å². The van der Waals surface area contributed by atoms with E-state index < -0.39 is 28.2 Å². The van der Waals surface area contributed by atoms with Crippen molar-refractivity contribution in [1.82, 2.24) is 9.21 Å². The fourth-order valence-electron chi connectivity index (χ4n) is 4.73. The lowest BCUT2D eigenvalue weighted by atomic mass is 10.0. The highest BCUT2D eigenvalue weighted by Crippen LogP contribution is 2.30. The maximum absolute atomic E-state index is 13.4. The molecular weight excluding hydrogens is 532 g/mol. The molecule has 0 spiro atoms. The van der Waals surface area contributed by atoms with E-state index in [1.165, 1.54) is 11.4 Å². The Morgan fingerprint density at radius 2 is 1.88 bits per heavy atom. The van der Waals surface area contributed by atoms with Crippen molar-refractivity contribution in [2.75, 3.05) is 43.6 Å². The average Bonchev–Trinajstić information content (AvgIpc) is 2.95. The number of nitrogens with zero attached hydrogens (tertiary/aromatic N) is 2. The number of anilines is 2. The van der Waals surface area contributed by atoms with Crippen molar-refractivity contribution in [2.24, 2.45) is 5.92 Å². The zero-order valence-electron chi connectivity index (χ0n) is 23.1. The van der Waals surface area contributed by atoms with Crippen LogP contribution in [0.25, 0.3) is 10.8 Å². The quantitative estimate of drug-likeness (QED) is 0.400. The lowest BCUT2D eigenvalue weighted by molar-refractivity contribution is -0.134. The van der Waals surface area contributed by atoms with Gasteiger partial charge in [-0.25, -0.2) is 17.5 Å². The summed E-state index contributed by atoms with van der Waals surface area (Å²) >= 11 is 0. The number of sulfonamides is 1. The van der Waals surface area contributed by atoms with Crippen LogP contribution in [0.3, 0.4) is 0 Å². The summed E-state index contributed by atoms with van der Waals surface area (Å²) < 4.78 is 31.8. The lowest BCUT2D eigenvalue weighted by Crippen LogP contribution is -2.48. The number of aliphatic hydroxyl groups excluding tert-OH is 1. The second-order valence-electron chi connectivity index (χ2n) is 10.4. The predicted octanol–water partition coefficient (Wildman–Crippen LogP) is 3.52. The Balaban J connectivity index is 1.61. The standard InChI is InChI=1S/C29H36N4O6S/c1-19-16-33(20(2)18-34)28(35)15-22-14-23(12-13-26(22)39-27(19)17-32(3)40(4,37)38)30-29(36)31-25-11-7-9-21-8-5-6-10-24(21)25/h5-14,19-20,27,34H,15-18H2,1-4H3,(H2,30,31,36)/t19-,20+,27-/m1/s1. The fourth-order valence-corrected chi connectivity index (χ4v) is 5.15. The van der Waals surface area contributed by atoms with Crippen molar-refractivity contribution in [3.8, 4) is 5.75 Å². The third-order valence-corrected chi connectivity index (χ3v) is 8.50. The van der Waals surface area contributed by atoms with Gasteiger partial charge in [-0.05, 0) is 36.6 Å². The molecule has 3 aromatic rings. The number of carbonyl (C=O) groups is 2. The molecule has 0 saturated heterocycles. The Bertz CT molecular complexity index is 1490. The number of fused-ring (bicyclic) bond motifs is 2. The van der Waals surface area contributed by atoms with E-state index in [0.29, 0.717) is 22.7 Å². The SMILES string of the molecule is C[C@@H]1CN([C@@H](C)CO)C(=O)Cc2cc(NC(=O)Nc3cccc4ccccc34)ccc2O[C@@H]1CN(C)S(C)(=O)=O. The highest BCUT2D eigenvalue weighted by molar-refractivity contribution is 7.88. The summed E-state index contributed by atoms with van der Waals surface area (Å²) in [5.74, 6) is -0.00397. The number of likely N-dealkylation sites (N-methyl/N-ethyl adjacent to an activating group) is 1. The van der Waals surface area contributed by atoms with E-state index in [2.05, 4.69) is 10.6 Å². The molecule has 1 aliphatic heterocycles. The molecule has 0 bridgehead atoms. The number of benzene rings is 3. The molecule has 214 valence electrons. The van der Waals surface area contributed by atoms with E-state index >= 15 is 0 Å². The molecule has 3 amide bonds. The molecule has 1 heterocycles. The maximum atomic E-state index is 13.4. The molecule has 10 nitrogen and oxygen atoms in total. The normalized spacial score (nSPS) is 18.8. The van der Waals surface area contributed by atoms with Crippen LogP contribution in [0.1, 0.15) is 19.4 Å². The van der Waals surface area contributed by atoms with Crippen LogP contribution in [0.5, 0.6) is 5.75 Å². The maximum Gasteiger partial charge on any atom is 0.323 e. The summed E-state index contributed by atoms with van der Waals surface area (Å²) in [5, 5.41) is 17.4. The van der Waals surface area contributed by atoms with Gasteiger partial charge in [-0.15, -0.1) is 0 Å². The van der Waals surface area contributed by atoms with Crippen molar-refractivity contribution in [3.63, 3.8) is 0 Å². The van der Waals surface area contributed by atoms with Crippen LogP contribution in [-0.4, -0.2) is 79.8 Å². The highest BCUT2D eigenvalue weighted by atomic mass is 32.2. The minimum absolute atomic E-state index is 0.0124. The van der Waals surface area contributed by atoms with Crippen molar-refractivity contribution < 1.29 is 27.9 Å². The van der Waals surface area contributed by atoms with Crippen LogP contribution in [0.4, 0.5) is 16.2 Å². The van der Waals surface area contributed by atoms with Crippen molar-refractivity contribution in [2.45, 2.75) is 32.4 Å². The number of hydrogen-bond donors (Lipinski definition) is 3. The monoisotopic (exact) mass is 568 g/mol. The average molecular weight is 569 g/mol. The molecule has 0 aromatic heterocycles. The van der Waals surface area contributed by atoms with Gasteiger partial charge in [0.1, 0.15) is 11.9 Å². The second-order valence-corrected chi connectivity index (χ2v) is 12.4. The molecule has 11 heteroatoms. The van der Waals surface area contributed by atoms with Crippen molar-refractivity contribution >= 4 is 44.1 Å². The van der Waals surface area contributed by atoms with Gasteiger partial charge in [0.05, 0.1) is 37.6 Å². The van der Waals surface area contributed by atoms with Crippen molar-refractivity contribution in [3.05, 3.63) is 66.2 Å². The Morgan fingerprint density at radius 1 is 1.15 bits per heavy atom.